The predicted molar refractivity (Wildman–Crippen MR) is 304 cm³/mol. The maximum atomic E-state index is 13.1. The summed E-state index contributed by atoms with van der Waals surface area (Å²) in [4.78, 5) is 25.9. The Hall–Kier alpha value is -2.83. The van der Waals surface area contributed by atoms with Gasteiger partial charge < -0.3 is 22.3 Å². The van der Waals surface area contributed by atoms with Gasteiger partial charge in [-0.25, -0.2) is 0 Å². The van der Waals surface area contributed by atoms with Gasteiger partial charge in [-0.1, -0.05) is 120 Å². The number of amides is 1. The molecule has 404 valence electrons. The van der Waals surface area contributed by atoms with Gasteiger partial charge in [-0.2, -0.15) is 10.2 Å². The number of aromatic nitrogens is 4. The van der Waals surface area contributed by atoms with Crippen LogP contribution in [0.4, 0.5) is 11.6 Å². The smallest absolute Gasteiger partial charge is 0.310 e. The first kappa shape index (κ1) is 53.6. The number of rotatable bonds is 2. The van der Waals surface area contributed by atoms with Gasteiger partial charge in [0.15, 0.2) is 0 Å². The molecule has 0 aliphatic heterocycles. The van der Waals surface area contributed by atoms with Gasteiger partial charge in [0.2, 0.25) is 5.91 Å². The molecular weight excluding hydrogens is 1020 g/mol. The van der Waals surface area contributed by atoms with Crippen LogP contribution in [0.15, 0.2) is 23.3 Å². The molecular formula is C62H96IN7O3. The average molecular weight is 1110 g/mol. The minimum Gasteiger partial charge on any atom is -0.481 e. The Bertz CT molecular complexity index is 2510. The predicted octanol–water partition coefficient (Wildman–Crippen LogP) is 13.8. The molecule has 9 N–H and O–H groups in total. The third kappa shape index (κ3) is 6.74. The molecule has 10 nitrogen and oxygen atoms in total. The molecule has 6 fully saturated rings. The number of carbonyl (C=O) groups is 2. The normalized spacial score (nSPS) is 45.7. The first-order valence-corrected chi connectivity index (χ1v) is 28.9. The minimum absolute atomic E-state index is 0. The van der Waals surface area contributed by atoms with E-state index < -0.39 is 11.4 Å². The molecule has 0 radical (unpaired) electrons. The van der Waals surface area contributed by atoms with Crippen LogP contribution in [-0.2, 0) is 33.3 Å². The molecule has 10 aliphatic rings. The van der Waals surface area contributed by atoms with Crippen LogP contribution in [0.1, 0.15) is 222 Å². The lowest BCUT2D eigenvalue weighted by Crippen LogP contribution is -2.65. The van der Waals surface area contributed by atoms with Gasteiger partial charge in [-0.3, -0.25) is 19.8 Å². The van der Waals surface area contributed by atoms with Crippen LogP contribution in [0.2, 0.25) is 0 Å². The summed E-state index contributed by atoms with van der Waals surface area (Å²) >= 11 is 0. The van der Waals surface area contributed by atoms with Crippen LogP contribution in [0, 0.1) is 89.7 Å². The lowest BCUT2D eigenvalue weighted by molar-refractivity contribution is -0.177. The van der Waals surface area contributed by atoms with Crippen molar-refractivity contribution in [3.63, 3.8) is 0 Å². The van der Waals surface area contributed by atoms with Gasteiger partial charge in [0.25, 0.3) is 0 Å². The maximum Gasteiger partial charge on any atom is 0.310 e. The highest BCUT2D eigenvalue weighted by molar-refractivity contribution is 14.0. The van der Waals surface area contributed by atoms with E-state index in [1.807, 2.05) is 0 Å². The van der Waals surface area contributed by atoms with Gasteiger partial charge in [0, 0.05) is 33.3 Å². The van der Waals surface area contributed by atoms with E-state index in [0.29, 0.717) is 41.2 Å². The topological polar surface area (TPSA) is 190 Å². The number of allylic oxidation sites excluding steroid dienone is 4. The fraction of sp³-hybridized carbons (Fsp3) is 0.806. The summed E-state index contributed by atoms with van der Waals surface area (Å²) in [5.41, 5.74) is 27.6. The number of hydrogen-bond acceptors (Lipinski definition) is 6. The van der Waals surface area contributed by atoms with E-state index in [2.05, 4.69) is 129 Å². The highest BCUT2D eigenvalue weighted by atomic mass is 127. The molecule has 2 aromatic rings. The first-order valence-electron chi connectivity index (χ1n) is 28.9. The Labute approximate surface area is 456 Å². The van der Waals surface area contributed by atoms with E-state index in [4.69, 9.17) is 17.2 Å². The number of nitrogens with one attached hydrogen (secondary N) is 2. The molecule has 0 saturated heterocycles. The van der Waals surface area contributed by atoms with Gasteiger partial charge in [0.05, 0.1) is 10.8 Å². The monoisotopic (exact) mass is 1110 g/mol. The van der Waals surface area contributed by atoms with E-state index in [9.17, 15) is 14.7 Å². The van der Waals surface area contributed by atoms with Crippen molar-refractivity contribution in [3.8, 4) is 0 Å². The fourth-order valence-corrected chi connectivity index (χ4v) is 22.2. The number of aliphatic carboxylic acids is 1. The Morgan fingerprint density at radius 2 is 0.918 bits per heavy atom. The summed E-state index contributed by atoms with van der Waals surface area (Å²) in [7, 11) is 0. The molecule has 0 spiro atoms. The molecule has 0 aromatic carbocycles. The van der Waals surface area contributed by atoms with E-state index >= 15 is 0 Å². The second kappa shape index (κ2) is 16.1. The first-order chi connectivity index (χ1) is 33.2. The van der Waals surface area contributed by atoms with Gasteiger partial charge >= 0.3 is 5.97 Å². The van der Waals surface area contributed by atoms with Gasteiger partial charge in [0.1, 0.15) is 11.6 Å². The number of carbonyl (C=O) groups excluding carboxylic acids is 1. The highest BCUT2D eigenvalue weighted by Crippen LogP contribution is 2.78. The van der Waals surface area contributed by atoms with Crippen molar-refractivity contribution >= 4 is 47.5 Å². The number of anilines is 2. The van der Waals surface area contributed by atoms with Crippen molar-refractivity contribution in [1.29, 1.82) is 0 Å². The van der Waals surface area contributed by atoms with E-state index in [0.717, 1.165) is 89.9 Å². The standard InChI is InChI=1S/C31H48N4O.C31H47N3O2.HI/c1-26(2)12-14-31(25(33)36)15-13-29(6)19(20(31)17-26)8-9-22-28(5)16-18-23(34-35-24(18)32)27(3,4)21(28)10-11-30(22,29)7;1-26(2)12-14-31(25(35)36)15-13-29(6)19(20(31)17-26)8-9-22-28(5)16-18-23(33-34-24(18)32)27(3,4)21(28)10-11-30(22,29)7;/h8,20-22H,9-17H2,1-7H3,(H2,33,36)(H3,32,34,35);8,20-22H,9-17H2,1-7H3,(H,35,36)(H3,32,33,34);1H/t2*20?,21?,22?,28-,29+,30+,31-;/m00./s1. The largest absolute Gasteiger partial charge is 0.481 e. The van der Waals surface area contributed by atoms with Crippen LogP contribution >= 0.6 is 24.0 Å². The Balaban J connectivity index is 0.000000165. The summed E-state index contributed by atoms with van der Waals surface area (Å²) in [6, 6.07) is 0. The molecule has 14 atom stereocenters. The Kier molecular flexibility index (Phi) is 11.8. The number of nitrogens with zero attached hydrogens (tertiary/aromatic N) is 2. The maximum absolute atomic E-state index is 13.1. The Morgan fingerprint density at radius 3 is 1.32 bits per heavy atom. The van der Waals surface area contributed by atoms with Crippen molar-refractivity contribution in [2.75, 3.05) is 11.5 Å². The van der Waals surface area contributed by atoms with Gasteiger partial charge in [-0.15, -0.1) is 24.0 Å². The molecule has 1 amide bonds. The number of nitrogen functional groups attached to an aromatic ring is 2. The summed E-state index contributed by atoms with van der Waals surface area (Å²) in [6.45, 7) is 34.5. The molecule has 0 bridgehead atoms. The number of primary amides is 1. The SMILES string of the molecule is CC1(C)CC[C@]2(C(=O)O)CC[C@]3(C)C(=CCC4[C@@]5(C)Cc6c(N)n[nH]c6C(C)(C)C5CC[C@]43C)C2C1.CC1(C)CC[C@]2(C(N)=O)CC[C@]3(C)C(=CCC4[C@@]5(C)Cc6c(N)n[nH]c6C(C)(C)C5CC[C@]43C)C2C1.I. The number of aromatic amines is 2. The molecule has 11 heteroatoms. The van der Waals surface area contributed by atoms with Crippen molar-refractivity contribution < 1.29 is 14.7 Å². The van der Waals surface area contributed by atoms with Gasteiger partial charge in [-0.05, 0) is 194 Å². The number of carboxylic acid groups (broad SMARTS) is 1. The van der Waals surface area contributed by atoms with Crippen molar-refractivity contribution in [2.45, 2.75) is 223 Å². The molecule has 73 heavy (non-hydrogen) atoms. The highest BCUT2D eigenvalue weighted by Gasteiger charge is 2.71. The molecule has 2 heterocycles. The summed E-state index contributed by atoms with van der Waals surface area (Å²) in [6.07, 6.45) is 24.1. The third-order valence-electron chi connectivity index (χ3n) is 26.7. The molecule has 6 saturated carbocycles. The number of fused-ring (bicyclic) bond motifs is 16. The number of carboxylic acids is 1. The number of halogens is 1. The second-order valence-electron chi connectivity index (χ2n) is 31.1. The number of H-pyrrole nitrogens is 2. The van der Waals surface area contributed by atoms with Crippen LogP contribution in [-0.4, -0.2) is 37.4 Å². The zero-order valence-corrected chi connectivity index (χ0v) is 50.0. The summed E-state index contributed by atoms with van der Waals surface area (Å²) in [5, 5.41) is 26.1. The lowest BCUT2D eigenvalue weighted by atomic mass is 9.33. The van der Waals surface area contributed by atoms with Crippen molar-refractivity contribution in [3.05, 3.63) is 45.8 Å². The Morgan fingerprint density at radius 1 is 0.548 bits per heavy atom. The molecule has 6 unspecified atom stereocenters. The molecule has 10 aliphatic carbocycles. The minimum atomic E-state index is -0.571. The quantitative estimate of drug-likeness (QED) is 0.127. The van der Waals surface area contributed by atoms with Crippen molar-refractivity contribution in [2.24, 2.45) is 95.4 Å². The molecule has 2 aromatic heterocycles. The summed E-state index contributed by atoms with van der Waals surface area (Å²) < 4.78 is 0. The third-order valence-corrected chi connectivity index (χ3v) is 26.7. The summed E-state index contributed by atoms with van der Waals surface area (Å²) in [5.74, 6) is 3.52. The lowest BCUT2D eigenvalue weighted by Gasteiger charge is -2.70. The van der Waals surface area contributed by atoms with E-state index in [1.54, 1.807) is 5.57 Å². The van der Waals surface area contributed by atoms with Crippen LogP contribution in [0.5, 0.6) is 0 Å². The fourth-order valence-electron chi connectivity index (χ4n) is 22.2. The van der Waals surface area contributed by atoms with Crippen LogP contribution in [0.25, 0.3) is 0 Å². The molecule has 12 rings (SSSR count). The van der Waals surface area contributed by atoms with Crippen LogP contribution in [0.3, 0.4) is 0 Å². The number of hydrogen-bond donors (Lipinski definition) is 6. The van der Waals surface area contributed by atoms with Crippen LogP contribution < -0.4 is 17.2 Å². The number of nitrogens with two attached hydrogens (primary N) is 3. The zero-order chi connectivity index (χ0) is 52.2. The second-order valence-corrected chi connectivity index (χ2v) is 31.1. The zero-order valence-electron chi connectivity index (χ0n) is 47.6. The van der Waals surface area contributed by atoms with E-state index in [-0.39, 0.29) is 95.4 Å². The average Bonchev–Trinajstić information content (AvgIpc) is 3.84. The van der Waals surface area contributed by atoms with Crippen molar-refractivity contribution in [1.82, 2.24) is 20.4 Å². The van der Waals surface area contributed by atoms with E-state index in [1.165, 1.54) is 53.8 Å².